The fourth-order valence-electron chi connectivity index (χ4n) is 0.980. The lowest BCUT2D eigenvalue weighted by Crippen LogP contribution is -2.25. The number of hydrogen-bond donors (Lipinski definition) is 3. The molecule has 0 saturated heterocycles. The fraction of sp³-hybridized carbons (Fsp3) is 0.500. The highest BCUT2D eigenvalue weighted by Gasteiger charge is 2.38. The van der Waals surface area contributed by atoms with E-state index in [1.807, 2.05) is 0 Å². The second-order valence-electron chi connectivity index (χ2n) is 3.78. The summed E-state index contributed by atoms with van der Waals surface area (Å²) in [5.41, 5.74) is -2.00. The average Bonchev–Trinajstić information content (AvgIpc) is 2.29. The molecule has 0 aliphatic heterocycles. The Morgan fingerprint density at radius 2 is 1.70 bits per heavy atom. The van der Waals surface area contributed by atoms with Crippen LogP contribution >= 0.6 is 7.60 Å². The molecular weight excluding hydrogens is 295 g/mol. The summed E-state index contributed by atoms with van der Waals surface area (Å²) in [4.78, 5) is 50.2. The van der Waals surface area contributed by atoms with Crippen molar-refractivity contribution < 1.29 is 43.3 Å². The van der Waals surface area contributed by atoms with Crippen LogP contribution in [-0.4, -0.2) is 51.7 Å². The topological polar surface area (TPSA) is 147 Å². The summed E-state index contributed by atoms with van der Waals surface area (Å²) in [5.74, 6) is -3.60. The van der Waals surface area contributed by atoms with Gasteiger partial charge in [0.05, 0.1) is 6.42 Å². The van der Waals surface area contributed by atoms with E-state index in [0.717, 1.165) is 0 Å². The Labute approximate surface area is 114 Å². The van der Waals surface area contributed by atoms with E-state index in [-0.39, 0.29) is 18.8 Å². The minimum atomic E-state index is -4.95. The molecule has 0 rings (SSSR count). The summed E-state index contributed by atoms with van der Waals surface area (Å²) in [6.07, 6.45) is -0.978. The van der Waals surface area contributed by atoms with Gasteiger partial charge in [-0.05, 0) is 6.92 Å². The largest absolute Gasteiger partial charge is 0.481 e. The van der Waals surface area contributed by atoms with Gasteiger partial charge in [0.2, 0.25) is 0 Å². The van der Waals surface area contributed by atoms with Crippen LogP contribution in [0.1, 0.15) is 13.3 Å². The summed E-state index contributed by atoms with van der Waals surface area (Å²) in [5, 5.41) is 8.58. The molecule has 0 spiro atoms. The zero-order valence-corrected chi connectivity index (χ0v) is 11.5. The Bertz CT molecular complexity index is 450. The zero-order chi connectivity index (χ0) is 15.9. The lowest BCUT2D eigenvalue weighted by Gasteiger charge is -2.13. The van der Waals surface area contributed by atoms with Crippen LogP contribution in [0.4, 0.5) is 0 Å². The zero-order valence-electron chi connectivity index (χ0n) is 10.6. The molecule has 0 bridgehead atoms. The van der Waals surface area contributed by atoms with Crippen LogP contribution in [-0.2, 0) is 28.4 Å². The Morgan fingerprint density at radius 3 is 2.10 bits per heavy atom. The Balaban J connectivity index is 4.17. The fourth-order valence-corrected chi connectivity index (χ4v) is 1.65. The molecule has 0 radical (unpaired) electrons. The molecule has 9 nitrogen and oxygen atoms in total. The van der Waals surface area contributed by atoms with Crippen molar-refractivity contribution in [2.75, 3.05) is 13.2 Å². The number of carboxylic acid groups (broad SMARTS) is 1. The number of aliphatic carboxylic acids is 1. The van der Waals surface area contributed by atoms with Gasteiger partial charge in [0, 0.05) is 5.57 Å². The third-order valence-corrected chi connectivity index (χ3v) is 3.19. The van der Waals surface area contributed by atoms with Gasteiger partial charge in [0.1, 0.15) is 13.2 Å². The molecule has 0 fully saturated rings. The van der Waals surface area contributed by atoms with Crippen molar-refractivity contribution in [2.24, 2.45) is 0 Å². The second-order valence-corrected chi connectivity index (χ2v) is 5.59. The average molecular weight is 310 g/mol. The molecule has 0 aromatic carbocycles. The second kappa shape index (κ2) is 7.78. The molecule has 0 amide bonds. The summed E-state index contributed by atoms with van der Waals surface area (Å²) in [6.45, 7) is 4.11. The number of carboxylic acids is 1. The van der Waals surface area contributed by atoms with Crippen molar-refractivity contribution in [1.29, 1.82) is 0 Å². The monoisotopic (exact) mass is 310 g/mol. The van der Waals surface area contributed by atoms with E-state index in [2.05, 4.69) is 16.1 Å². The smallest absolute Gasteiger partial charge is 0.340 e. The van der Waals surface area contributed by atoms with Crippen molar-refractivity contribution in [1.82, 2.24) is 0 Å². The normalized spacial score (nSPS) is 12.3. The molecule has 20 heavy (non-hydrogen) atoms. The van der Waals surface area contributed by atoms with Gasteiger partial charge in [-0.3, -0.25) is 14.2 Å². The first-order chi connectivity index (χ1) is 9.05. The Hall–Kier alpha value is -1.70. The molecule has 0 aliphatic carbocycles. The van der Waals surface area contributed by atoms with Crippen molar-refractivity contribution >= 4 is 25.5 Å². The predicted molar refractivity (Wildman–Crippen MR) is 64.8 cm³/mol. The number of rotatable bonds is 8. The third kappa shape index (κ3) is 7.03. The standard InChI is InChI=1S/C10H15O9P/c1-6(2)10(14)19-4-3-18-8(11)5-7(9(12)13)20(15,16)17/h7H,1,3-5H2,2H3,(H,12,13)(H2,15,16,17). The molecule has 1 unspecified atom stereocenters. The number of hydrogen-bond acceptors (Lipinski definition) is 6. The molecule has 0 aromatic heterocycles. The van der Waals surface area contributed by atoms with Crippen molar-refractivity contribution in [3.05, 3.63) is 12.2 Å². The molecule has 0 heterocycles. The quantitative estimate of drug-likeness (QED) is 0.237. The van der Waals surface area contributed by atoms with Gasteiger partial charge in [-0.1, -0.05) is 6.58 Å². The molecule has 10 heteroatoms. The van der Waals surface area contributed by atoms with Gasteiger partial charge >= 0.3 is 25.5 Å². The van der Waals surface area contributed by atoms with E-state index in [1.165, 1.54) is 6.92 Å². The van der Waals surface area contributed by atoms with Gasteiger partial charge in [-0.2, -0.15) is 0 Å². The summed E-state index contributed by atoms with van der Waals surface area (Å²) < 4.78 is 19.9. The van der Waals surface area contributed by atoms with E-state index in [1.54, 1.807) is 0 Å². The van der Waals surface area contributed by atoms with Crippen molar-refractivity contribution in [2.45, 2.75) is 19.0 Å². The van der Waals surface area contributed by atoms with Crippen LogP contribution < -0.4 is 0 Å². The first-order valence-corrected chi connectivity index (χ1v) is 7.00. The maximum atomic E-state index is 11.2. The van der Waals surface area contributed by atoms with Gasteiger partial charge in [0.15, 0.2) is 5.66 Å². The van der Waals surface area contributed by atoms with Gasteiger partial charge in [-0.25, -0.2) is 4.79 Å². The first kappa shape index (κ1) is 18.3. The number of carbonyl (C=O) groups excluding carboxylic acids is 2. The first-order valence-electron chi connectivity index (χ1n) is 5.32. The van der Waals surface area contributed by atoms with Crippen LogP contribution in [0.2, 0.25) is 0 Å². The molecule has 0 aliphatic rings. The van der Waals surface area contributed by atoms with Crippen LogP contribution in [0.5, 0.6) is 0 Å². The van der Waals surface area contributed by atoms with Crippen LogP contribution in [0.25, 0.3) is 0 Å². The highest BCUT2D eigenvalue weighted by molar-refractivity contribution is 7.53. The van der Waals surface area contributed by atoms with Crippen LogP contribution in [0.3, 0.4) is 0 Å². The van der Waals surface area contributed by atoms with Gasteiger partial charge in [-0.15, -0.1) is 0 Å². The number of esters is 2. The molecular formula is C10H15O9P. The Morgan fingerprint density at radius 1 is 1.20 bits per heavy atom. The van der Waals surface area contributed by atoms with E-state index >= 15 is 0 Å². The molecule has 0 saturated carbocycles. The van der Waals surface area contributed by atoms with E-state index < -0.39 is 37.6 Å². The molecule has 3 N–H and O–H groups in total. The van der Waals surface area contributed by atoms with Crippen molar-refractivity contribution in [3.8, 4) is 0 Å². The summed E-state index contributed by atoms with van der Waals surface area (Å²) in [7, 11) is -4.95. The number of ether oxygens (including phenoxy) is 2. The Kier molecular flexibility index (Phi) is 7.12. The number of carbonyl (C=O) groups is 3. The summed E-state index contributed by atoms with van der Waals surface area (Å²) >= 11 is 0. The lowest BCUT2D eigenvalue weighted by atomic mass is 10.3. The molecule has 0 aromatic rings. The van der Waals surface area contributed by atoms with E-state index in [4.69, 9.17) is 14.9 Å². The highest BCUT2D eigenvalue weighted by atomic mass is 31.2. The van der Waals surface area contributed by atoms with Crippen molar-refractivity contribution in [3.63, 3.8) is 0 Å². The molecule has 114 valence electrons. The van der Waals surface area contributed by atoms with E-state index in [9.17, 15) is 18.9 Å². The van der Waals surface area contributed by atoms with E-state index in [0.29, 0.717) is 0 Å². The maximum absolute atomic E-state index is 11.2. The molecule has 1 atom stereocenters. The maximum Gasteiger partial charge on any atom is 0.340 e. The summed E-state index contributed by atoms with van der Waals surface area (Å²) in [6, 6.07) is 0. The minimum absolute atomic E-state index is 0.156. The van der Waals surface area contributed by atoms with Gasteiger partial charge in [0.25, 0.3) is 0 Å². The lowest BCUT2D eigenvalue weighted by molar-refractivity contribution is -0.151. The minimum Gasteiger partial charge on any atom is -0.481 e. The van der Waals surface area contributed by atoms with Gasteiger partial charge < -0.3 is 24.4 Å². The SMILES string of the molecule is C=C(C)C(=O)OCCOC(=O)CC(C(=O)O)P(=O)(O)O. The highest BCUT2D eigenvalue weighted by Crippen LogP contribution is 2.43. The van der Waals surface area contributed by atoms with Crippen LogP contribution in [0.15, 0.2) is 12.2 Å². The third-order valence-electron chi connectivity index (χ3n) is 1.98. The predicted octanol–water partition coefficient (Wildman–Crippen LogP) is -0.330. The van der Waals surface area contributed by atoms with Crippen LogP contribution in [0, 0.1) is 0 Å².